The van der Waals surface area contributed by atoms with Gasteiger partial charge in [-0.1, -0.05) is 57.9 Å². The van der Waals surface area contributed by atoms with Gasteiger partial charge >= 0.3 is 0 Å². The van der Waals surface area contributed by atoms with Crippen LogP contribution in [0.1, 0.15) is 63.1 Å². The van der Waals surface area contributed by atoms with Crippen LogP contribution in [0.2, 0.25) is 0 Å². The zero-order valence-electron chi connectivity index (χ0n) is 11.4. The van der Waals surface area contributed by atoms with Crippen LogP contribution in [-0.4, -0.2) is 0 Å². The number of hydrogen-bond acceptors (Lipinski definition) is 0. The lowest BCUT2D eigenvalue weighted by molar-refractivity contribution is 0.299. The van der Waals surface area contributed by atoms with Crippen molar-refractivity contribution in [1.29, 1.82) is 0 Å². The number of hydrogen-bond donors (Lipinski definition) is 0. The Labute approximate surface area is 101 Å². The molecule has 0 aliphatic carbocycles. The van der Waals surface area contributed by atoms with Crippen molar-refractivity contribution in [2.24, 2.45) is 5.41 Å². The summed E-state index contributed by atoms with van der Waals surface area (Å²) in [4.78, 5) is 0. The largest absolute Gasteiger partial charge is 0.0649 e. The molecule has 0 heteroatoms. The van der Waals surface area contributed by atoms with Gasteiger partial charge in [0.1, 0.15) is 0 Å². The van der Waals surface area contributed by atoms with Crippen LogP contribution in [0.5, 0.6) is 0 Å². The fraction of sp³-hybridized carbons (Fsp3) is 0.562. The lowest BCUT2D eigenvalue weighted by Gasteiger charge is -2.27. The molecule has 0 aliphatic rings. The summed E-state index contributed by atoms with van der Waals surface area (Å²) < 4.78 is 0. The normalized spacial score (nSPS) is 13.9. The molecule has 0 bridgehead atoms. The molecule has 0 N–H and O–H groups in total. The van der Waals surface area contributed by atoms with Gasteiger partial charge in [0.05, 0.1) is 0 Å². The predicted molar refractivity (Wildman–Crippen MR) is 72.7 cm³/mol. The van der Waals surface area contributed by atoms with Crippen LogP contribution < -0.4 is 0 Å². The molecule has 89 valence electrons. The second-order valence-electron chi connectivity index (χ2n) is 5.87. The standard InChI is InChI=1S/C16H25/c1-7-16(5,6)11-14(4)15-9-12(2)8-13(3)10-15/h8-10,14H,2,7,11H2,1,3-6H3. The highest BCUT2D eigenvalue weighted by Crippen LogP contribution is 2.34. The van der Waals surface area contributed by atoms with E-state index in [9.17, 15) is 0 Å². The third-order valence-electron chi connectivity index (χ3n) is 3.54. The van der Waals surface area contributed by atoms with Gasteiger partial charge in [-0.15, -0.1) is 0 Å². The maximum Gasteiger partial charge on any atom is -0.0185 e. The Kier molecular flexibility index (Phi) is 4.18. The second-order valence-corrected chi connectivity index (χ2v) is 5.87. The summed E-state index contributed by atoms with van der Waals surface area (Å²) in [6, 6.07) is 6.66. The molecule has 0 amide bonds. The van der Waals surface area contributed by atoms with E-state index in [2.05, 4.69) is 59.7 Å². The molecule has 0 saturated heterocycles. The summed E-state index contributed by atoms with van der Waals surface area (Å²) in [5, 5.41) is 0. The molecule has 0 aromatic heterocycles. The Hall–Kier alpha value is -0.780. The highest BCUT2D eigenvalue weighted by atomic mass is 14.2. The Bertz CT molecular complexity index is 327. The molecule has 1 radical (unpaired) electrons. The number of rotatable bonds is 4. The quantitative estimate of drug-likeness (QED) is 0.657. The van der Waals surface area contributed by atoms with Gasteiger partial charge < -0.3 is 0 Å². The fourth-order valence-corrected chi connectivity index (χ4v) is 2.27. The topological polar surface area (TPSA) is 0 Å². The van der Waals surface area contributed by atoms with Gasteiger partial charge in [-0.3, -0.25) is 0 Å². The maximum absolute atomic E-state index is 4.04. The zero-order chi connectivity index (χ0) is 12.3. The molecular weight excluding hydrogens is 192 g/mol. The summed E-state index contributed by atoms with van der Waals surface area (Å²) in [6.45, 7) is 15.5. The third kappa shape index (κ3) is 3.66. The van der Waals surface area contributed by atoms with Crippen molar-refractivity contribution in [1.82, 2.24) is 0 Å². The van der Waals surface area contributed by atoms with Crippen LogP contribution in [-0.2, 0) is 0 Å². The summed E-state index contributed by atoms with van der Waals surface area (Å²) in [5.74, 6) is 0.621. The molecule has 1 atom stereocenters. The van der Waals surface area contributed by atoms with Crippen LogP contribution >= 0.6 is 0 Å². The Balaban J connectivity index is 2.84. The van der Waals surface area contributed by atoms with Crippen molar-refractivity contribution in [2.75, 3.05) is 0 Å². The van der Waals surface area contributed by atoms with E-state index in [0.717, 1.165) is 5.56 Å². The minimum absolute atomic E-state index is 0.435. The number of benzene rings is 1. The molecule has 0 spiro atoms. The first kappa shape index (κ1) is 13.3. The average molecular weight is 217 g/mol. The van der Waals surface area contributed by atoms with Gasteiger partial charge in [0.15, 0.2) is 0 Å². The van der Waals surface area contributed by atoms with E-state index in [1.807, 2.05) is 0 Å². The van der Waals surface area contributed by atoms with Crippen molar-refractivity contribution in [3.8, 4) is 0 Å². The van der Waals surface area contributed by atoms with Crippen LogP contribution in [0, 0.1) is 19.3 Å². The van der Waals surface area contributed by atoms with Gasteiger partial charge in [-0.2, -0.15) is 0 Å². The molecule has 0 heterocycles. The van der Waals surface area contributed by atoms with E-state index >= 15 is 0 Å². The Morgan fingerprint density at radius 1 is 1.25 bits per heavy atom. The zero-order valence-corrected chi connectivity index (χ0v) is 11.4. The Morgan fingerprint density at radius 2 is 1.88 bits per heavy atom. The minimum Gasteiger partial charge on any atom is -0.0649 e. The Morgan fingerprint density at radius 3 is 2.38 bits per heavy atom. The third-order valence-corrected chi connectivity index (χ3v) is 3.54. The molecule has 1 aromatic carbocycles. The summed E-state index contributed by atoms with van der Waals surface area (Å²) in [6.07, 6.45) is 2.48. The molecule has 1 unspecified atom stereocenters. The lowest BCUT2D eigenvalue weighted by Crippen LogP contribution is -2.13. The first-order valence-corrected chi connectivity index (χ1v) is 6.27. The molecule has 0 nitrogen and oxygen atoms in total. The van der Waals surface area contributed by atoms with Crippen LogP contribution in [0.3, 0.4) is 0 Å². The first-order chi connectivity index (χ1) is 7.34. The van der Waals surface area contributed by atoms with Crippen molar-refractivity contribution < 1.29 is 0 Å². The molecule has 16 heavy (non-hydrogen) atoms. The summed E-state index contributed by atoms with van der Waals surface area (Å²) in [7, 11) is 0. The predicted octanol–water partition coefficient (Wildman–Crippen LogP) is 5.11. The van der Waals surface area contributed by atoms with E-state index in [0.29, 0.717) is 11.3 Å². The fourth-order valence-electron chi connectivity index (χ4n) is 2.27. The van der Waals surface area contributed by atoms with Gasteiger partial charge in [0.2, 0.25) is 0 Å². The first-order valence-electron chi connectivity index (χ1n) is 6.27. The lowest BCUT2D eigenvalue weighted by atomic mass is 9.78. The van der Waals surface area contributed by atoms with Crippen molar-refractivity contribution in [2.45, 2.75) is 53.4 Å². The molecule has 1 rings (SSSR count). The van der Waals surface area contributed by atoms with Crippen LogP contribution in [0.15, 0.2) is 18.2 Å². The SMILES string of the molecule is [CH2]c1cc(C)cc(C(C)CC(C)(C)CC)c1. The highest BCUT2D eigenvalue weighted by molar-refractivity contribution is 5.32. The average Bonchev–Trinajstić information content (AvgIpc) is 2.15. The van der Waals surface area contributed by atoms with Gasteiger partial charge in [0, 0.05) is 0 Å². The summed E-state index contributed by atoms with van der Waals surface area (Å²) in [5.41, 5.74) is 4.33. The van der Waals surface area contributed by atoms with Crippen molar-refractivity contribution in [3.63, 3.8) is 0 Å². The highest BCUT2D eigenvalue weighted by Gasteiger charge is 2.19. The van der Waals surface area contributed by atoms with Crippen LogP contribution in [0.4, 0.5) is 0 Å². The van der Waals surface area contributed by atoms with Crippen LogP contribution in [0.25, 0.3) is 0 Å². The summed E-state index contributed by atoms with van der Waals surface area (Å²) >= 11 is 0. The van der Waals surface area contributed by atoms with Crippen molar-refractivity contribution >= 4 is 0 Å². The maximum atomic E-state index is 4.04. The smallest absolute Gasteiger partial charge is 0.0185 e. The second kappa shape index (κ2) is 5.03. The van der Waals surface area contributed by atoms with Gasteiger partial charge in [0.25, 0.3) is 0 Å². The molecule has 0 aliphatic heterocycles. The van der Waals surface area contributed by atoms with Gasteiger partial charge in [-0.05, 0) is 42.7 Å². The van der Waals surface area contributed by atoms with E-state index < -0.39 is 0 Å². The van der Waals surface area contributed by atoms with Gasteiger partial charge in [-0.25, -0.2) is 0 Å². The molecule has 0 fully saturated rings. The van der Waals surface area contributed by atoms with E-state index in [1.165, 1.54) is 24.0 Å². The van der Waals surface area contributed by atoms with E-state index in [-0.39, 0.29) is 0 Å². The molecule has 0 saturated carbocycles. The minimum atomic E-state index is 0.435. The van der Waals surface area contributed by atoms with Crippen molar-refractivity contribution in [3.05, 3.63) is 41.8 Å². The van der Waals surface area contributed by atoms with E-state index in [1.54, 1.807) is 0 Å². The molecule has 1 aromatic rings. The van der Waals surface area contributed by atoms with E-state index in [4.69, 9.17) is 0 Å². The number of aryl methyl sites for hydroxylation is 1. The molecular formula is C16H25. The monoisotopic (exact) mass is 217 g/mol.